The molecule has 0 radical (unpaired) electrons. The number of carbonyl (C=O) groups is 1. The van der Waals surface area contributed by atoms with Crippen molar-refractivity contribution in [2.45, 2.75) is 19.8 Å². The van der Waals surface area contributed by atoms with Crippen LogP contribution in [0.25, 0.3) is 16.9 Å². The number of carboxylic acid groups (broad SMARTS) is 1. The third-order valence-corrected chi connectivity index (χ3v) is 4.12. The molecule has 2 aromatic carbocycles. The largest absolute Gasteiger partial charge is 0.497 e. The Balaban J connectivity index is 2.09. The number of hydrogen-bond donors (Lipinski definition) is 1. The average Bonchev–Trinajstić information content (AvgIpc) is 3.07. The van der Waals surface area contributed by atoms with Crippen LogP contribution < -0.4 is 4.74 Å². The van der Waals surface area contributed by atoms with Gasteiger partial charge in [0.1, 0.15) is 5.75 Å². The molecule has 5 nitrogen and oxygen atoms in total. The lowest BCUT2D eigenvalue weighted by Gasteiger charge is -2.10. The van der Waals surface area contributed by atoms with Crippen molar-refractivity contribution in [3.63, 3.8) is 0 Å². The predicted molar refractivity (Wildman–Crippen MR) is 96.6 cm³/mol. The molecule has 5 heteroatoms. The molecule has 25 heavy (non-hydrogen) atoms. The van der Waals surface area contributed by atoms with E-state index in [0.717, 1.165) is 22.7 Å². The summed E-state index contributed by atoms with van der Waals surface area (Å²) < 4.78 is 6.82. The topological polar surface area (TPSA) is 64.4 Å². The van der Waals surface area contributed by atoms with E-state index in [9.17, 15) is 9.90 Å². The maximum Gasteiger partial charge on any atom is 0.356 e. The molecular weight excluding hydrogens is 316 g/mol. The molecule has 0 aliphatic heterocycles. The van der Waals surface area contributed by atoms with Gasteiger partial charge >= 0.3 is 5.97 Å². The van der Waals surface area contributed by atoms with Gasteiger partial charge in [0.2, 0.25) is 0 Å². The highest BCUT2D eigenvalue weighted by Crippen LogP contribution is 2.27. The van der Waals surface area contributed by atoms with E-state index < -0.39 is 5.97 Å². The van der Waals surface area contributed by atoms with Crippen LogP contribution >= 0.6 is 0 Å². The van der Waals surface area contributed by atoms with Crippen molar-refractivity contribution in [2.24, 2.45) is 0 Å². The maximum atomic E-state index is 11.4. The molecule has 0 saturated carbocycles. The highest BCUT2D eigenvalue weighted by Gasteiger charge is 2.16. The number of aromatic carboxylic acids is 1. The van der Waals surface area contributed by atoms with Gasteiger partial charge in [0.15, 0.2) is 5.69 Å². The fraction of sp³-hybridized carbons (Fsp3) is 0.200. The van der Waals surface area contributed by atoms with E-state index in [1.165, 1.54) is 5.56 Å². The summed E-state index contributed by atoms with van der Waals surface area (Å²) in [5, 5.41) is 13.6. The van der Waals surface area contributed by atoms with Crippen LogP contribution in [0.5, 0.6) is 5.75 Å². The molecule has 0 aliphatic carbocycles. The third-order valence-electron chi connectivity index (χ3n) is 4.12. The Morgan fingerprint density at radius 2 is 1.72 bits per heavy atom. The van der Waals surface area contributed by atoms with E-state index in [2.05, 4.69) is 31.1 Å². The fourth-order valence-corrected chi connectivity index (χ4v) is 2.65. The van der Waals surface area contributed by atoms with Crippen LogP contribution in [0, 0.1) is 0 Å². The molecule has 1 N–H and O–H groups in total. The van der Waals surface area contributed by atoms with Crippen LogP contribution in [-0.4, -0.2) is 28.0 Å². The molecule has 0 saturated heterocycles. The van der Waals surface area contributed by atoms with Crippen molar-refractivity contribution >= 4 is 5.97 Å². The number of nitrogens with zero attached hydrogens (tertiary/aromatic N) is 2. The fourth-order valence-electron chi connectivity index (χ4n) is 2.65. The molecule has 3 aromatic rings. The SMILES string of the molecule is COc1ccc(-n2nc(C(=O)O)cc2-c2ccc(C(C)C)cc2)cc1. The van der Waals surface area contributed by atoms with Crippen LogP contribution in [0.4, 0.5) is 0 Å². The Hall–Kier alpha value is -3.08. The molecule has 0 atom stereocenters. The number of benzene rings is 2. The van der Waals surface area contributed by atoms with Crippen LogP contribution in [0.15, 0.2) is 54.6 Å². The second-order valence-electron chi connectivity index (χ2n) is 6.11. The van der Waals surface area contributed by atoms with Gasteiger partial charge < -0.3 is 9.84 Å². The second kappa shape index (κ2) is 6.81. The molecular formula is C20H20N2O3. The highest BCUT2D eigenvalue weighted by atomic mass is 16.5. The zero-order valence-electron chi connectivity index (χ0n) is 14.4. The minimum Gasteiger partial charge on any atom is -0.497 e. The minimum atomic E-state index is -1.05. The van der Waals surface area contributed by atoms with E-state index in [-0.39, 0.29) is 5.69 Å². The minimum absolute atomic E-state index is 0.0127. The zero-order valence-corrected chi connectivity index (χ0v) is 14.4. The van der Waals surface area contributed by atoms with Crippen LogP contribution in [0.2, 0.25) is 0 Å². The smallest absolute Gasteiger partial charge is 0.356 e. The number of carboxylic acids is 1. The quantitative estimate of drug-likeness (QED) is 0.751. The molecule has 3 rings (SSSR count). The Kier molecular flexibility index (Phi) is 4.57. The first-order valence-corrected chi connectivity index (χ1v) is 8.07. The summed E-state index contributed by atoms with van der Waals surface area (Å²) in [5.41, 5.74) is 3.67. The number of hydrogen-bond acceptors (Lipinski definition) is 3. The van der Waals surface area contributed by atoms with Crippen molar-refractivity contribution in [3.05, 3.63) is 65.9 Å². The number of ether oxygens (including phenoxy) is 1. The molecule has 128 valence electrons. The first kappa shape index (κ1) is 16.8. The molecule has 0 unspecified atom stereocenters. The standard InChI is InChI=1S/C20H20N2O3/c1-13(2)14-4-6-15(7-5-14)19-12-18(20(23)24)21-22(19)16-8-10-17(25-3)11-9-16/h4-13H,1-3H3,(H,23,24). The third kappa shape index (κ3) is 3.40. The molecule has 0 aliphatic rings. The maximum absolute atomic E-state index is 11.4. The van der Waals surface area contributed by atoms with Crippen molar-refractivity contribution < 1.29 is 14.6 Å². The lowest BCUT2D eigenvalue weighted by Crippen LogP contribution is -2.02. The van der Waals surface area contributed by atoms with Crippen molar-refractivity contribution in [1.82, 2.24) is 9.78 Å². The van der Waals surface area contributed by atoms with Crippen LogP contribution in [-0.2, 0) is 0 Å². The highest BCUT2D eigenvalue weighted by molar-refractivity contribution is 5.87. The lowest BCUT2D eigenvalue weighted by molar-refractivity contribution is 0.0690. The first-order chi connectivity index (χ1) is 12.0. The molecule has 0 amide bonds. The van der Waals surface area contributed by atoms with E-state index in [1.54, 1.807) is 17.9 Å². The Morgan fingerprint density at radius 3 is 2.24 bits per heavy atom. The monoisotopic (exact) mass is 336 g/mol. The first-order valence-electron chi connectivity index (χ1n) is 8.07. The van der Waals surface area contributed by atoms with E-state index in [1.807, 2.05) is 36.4 Å². The van der Waals surface area contributed by atoms with Gasteiger partial charge in [0.05, 0.1) is 18.5 Å². The Labute approximate surface area is 146 Å². The molecule has 0 spiro atoms. The lowest BCUT2D eigenvalue weighted by atomic mass is 10.0. The summed E-state index contributed by atoms with van der Waals surface area (Å²) in [5.74, 6) is 0.125. The zero-order chi connectivity index (χ0) is 18.0. The van der Waals surface area contributed by atoms with Crippen molar-refractivity contribution in [3.8, 4) is 22.7 Å². The Morgan fingerprint density at radius 1 is 1.08 bits per heavy atom. The van der Waals surface area contributed by atoms with Gasteiger partial charge in [0.25, 0.3) is 0 Å². The number of rotatable bonds is 5. The van der Waals surface area contributed by atoms with Crippen molar-refractivity contribution in [1.29, 1.82) is 0 Å². The molecule has 0 fully saturated rings. The predicted octanol–water partition coefficient (Wildman–Crippen LogP) is 4.37. The number of aromatic nitrogens is 2. The van der Waals surface area contributed by atoms with Gasteiger partial charge in [-0.15, -0.1) is 0 Å². The summed E-state index contributed by atoms with van der Waals surface area (Å²) in [6, 6.07) is 17.1. The second-order valence-corrected chi connectivity index (χ2v) is 6.11. The van der Waals surface area contributed by atoms with Gasteiger partial charge in [-0.05, 0) is 41.8 Å². The summed E-state index contributed by atoms with van der Waals surface area (Å²) in [7, 11) is 1.60. The van der Waals surface area contributed by atoms with Gasteiger partial charge in [-0.25, -0.2) is 9.48 Å². The summed E-state index contributed by atoms with van der Waals surface area (Å²) >= 11 is 0. The van der Waals surface area contributed by atoms with Crippen LogP contribution in [0.1, 0.15) is 35.8 Å². The summed E-state index contributed by atoms with van der Waals surface area (Å²) in [6.45, 7) is 4.28. The normalized spacial score (nSPS) is 10.9. The van der Waals surface area contributed by atoms with Crippen LogP contribution in [0.3, 0.4) is 0 Å². The van der Waals surface area contributed by atoms with E-state index >= 15 is 0 Å². The summed E-state index contributed by atoms with van der Waals surface area (Å²) in [6.07, 6.45) is 0. The molecule has 1 aromatic heterocycles. The van der Waals surface area contributed by atoms with Gasteiger partial charge in [-0.3, -0.25) is 0 Å². The Bertz CT molecular complexity index is 878. The molecule has 1 heterocycles. The van der Waals surface area contributed by atoms with E-state index in [0.29, 0.717) is 5.92 Å². The van der Waals surface area contributed by atoms with Gasteiger partial charge in [0, 0.05) is 5.56 Å². The average molecular weight is 336 g/mol. The number of methoxy groups -OCH3 is 1. The summed E-state index contributed by atoms with van der Waals surface area (Å²) in [4.78, 5) is 11.4. The van der Waals surface area contributed by atoms with E-state index in [4.69, 9.17) is 4.74 Å². The van der Waals surface area contributed by atoms with Gasteiger partial charge in [-0.2, -0.15) is 5.10 Å². The van der Waals surface area contributed by atoms with Crippen molar-refractivity contribution in [2.75, 3.05) is 7.11 Å². The molecule has 0 bridgehead atoms. The van der Waals surface area contributed by atoms with Gasteiger partial charge in [-0.1, -0.05) is 38.1 Å².